The number of aryl methyl sites for hydroxylation is 1. The fourth-order valence-corrected chi connectivity index (χ4v) is 3.72. The molecule has 8 heteroatoms. The smallest absolute Gasteiger partial charge is 0.338 e. The molecule has 0 atom stereocenters. The molecule has 138 valence electrons. The van der Waals surface area contributed by atoms with Crippen molar-refractivity contribution in [2.24, 2.45) is 4.99 Å². The molecule has 27 heavy (non-hydrogen) atoms. The molecule has 0 aliphatic heterocycles. The van der Waals surface area contributed by atoms with E-state index in [-0.39, 0.29) is 6.54 Å². The van der Waals surface area contributed by atoms with Crippen molar-refractivity contribution in [1.82, 2.24) is 14.3 Å². The fourth-order valence-electron chi connectivity index (χ4n) is 2.65. The van der Waals surface area contributed by atoms with Crippen molar-refractivity contribution < 1.29 is 14.3 Å². The molecule has 0 bridgehead atoms. The number of nitrogens with zero attached hydrogens (tertiary/aromatic N) is 4. The Balaban J connectivity index is 2.11. The third-order valence-electron chi connectivity index (χ3n) is 3.88. The number of hydrogen-bond acceptors (Lipinski definition) is 5. The van der Waals surface area contributed by atoms with Gasteiger partial charge in [0.05, 0.1) is 28.9 Å². The zero-order valence-electron chi connectivity index (χ0n) is 15.0. The molecule has 3 rings (SSSR count). The third-order valence-corrected chi connectivity index (χ3v) is 4.92. The zero-order chi connectivity index (χ0) is 19.4. The van der Waals surface area contributed by atoms with Crippen LogP contribution in [0.15, 0.2) is 35.5 Å². The van der Waals surface area contributed by atoms with Crippen molar-refractivity contribution in [3.8, 4) is 12.3 Å². The summed E-state index contributed by atoms with van der Waals surface area (Å²) in [6.45, 7) is 4.80. The summed E-state index contributed by atoms with van der Waals surface area (Å²) in [5, 5.41) is 4.10. The maximum absolute atomic E-state index is 12.6. The average Bonchev–Trinajstić information content (AvgIpc) is 3.26. The summed E-state index contributed by atoms with van der Waals surface area (Å²) in [6.07, 6.45) is 7.06. The Morgan fingerprint density at radius 3 is 2.85 bits per heavy atom. The van der Waals surface area contributed by atoms with Crippen LogP contribution in [-0.2, 0) is 17.8 Å². The Morgan fingerprint density at radius 2 is 2.15 bits per heavy atom. The molecule has 3 aromatic rings. The van der Waals surface area contributed by atoms with E-state index in [2.05, 4.69) is 16.0 Å². The van der Waals surface area contributed by atoms with Crippen LogP contribution < -0.4 is 4.80 Å². The normalized spacial score (nSPS) is 11.5. The van der Waals surface area contributed by atoms with Gasteiger partial charge in [-0.2, -0.15) is 10.1 Å². The number of amides is 1. The number of carbonyl (C=O) groups excluding carboxylic acids is 2. The Hall–Kier alpha value is -3.18. The standard InChI is InChI=1S/C19H18N4O3S/c1-4-11-22-14-8-7-13(18(25)26-6-3)12-16(14)27-19(22)21-17(24)15-9-10-20-23(15)5-2/h1,7-10,12H,5-6,11H2,2-3H3. The topological polar surface area (TPSA) is 78.5 Å². The van der Waals surface area contributed by atoms with Crippen LogP contribution in [0.1, 0.15) is 34.7 Å². The molecule has 7 nitrogen and oxygen atoms in total. The zero-order valence-corrected chi connectivity index (χ0v) is 15.8. The van der Waals surface area contributed by atoms with E-state index >= 15 is 0 Å². The minimum atomic E-state index is -0.391. The molecule has 0 aliphatic rings. The number of thiazole rings is 1. The van der Waals surface area contributed by atoms with E-state index in [0.29, 0.717) is 29.2 Å². The second-order valence-electron chi connectivity index (χ2n) is 5.53. The molecule has 1 amide bonds. The molecule has 2 heterocycles. The van der Waals surface area contributed by atoms with Crippen molar-refractivity contribution in [1.29, 1.82) is 0 Å². The third kappa shape index (κ3) is 3.68. The highest BCUT2D eigenvalue weighted by Crippen LogP contribution is 2.20. The van der Waals surface area contributed by atoms with Crippen molar-refractivity contribution in [3.63, 3.8) is 0 Å². The van der Waals surface area contributed by atoms with E-state index in [1.807, 2.05) is 6.92 Å². The van der Waals surface area contributed by atoms with Gasteiger partial charge in [-0.15, -0.1) is 6.42 Å². The van der Waals surface area contributed by atoms with Crippen LogP contribution in [0.3, 0.4) is 0 Å². The lowest BCUT2D eigenvalue weighted by atomic mass is 10.2. The van der Waals surface area contributed by atoms with Crippen molar-refractivity contribution >= 4 is 33.4 Å². The van der Waals surface area contributed by atoms with Gasteiger partial charge in [-0.25, -0.2) is 4.79 Å². The molecule has 0 radical (unpaired) electrons. The van der Waals surface area contributed by atoms with Gasteiger partial charge >= 0.3 is 5.97 Å². The molecular weight excluding hydrogens is 364 g/mol. The van der Waals surface area contributed by atoms with E-state index in [4.69, 9.17) is 11.2 Å². The summed E-state index contributed by atoms with van der Waals surface area (Å²) in [6, 6.07) is 6.82. The first-order valence-corrected chi connectivity index (χ1v) is 9.25. The van der Waals surface area contributed by atoms with Crippen LogP contribution >= 0.6 is 11.3 Å². The number of aromatic nitrogens is 3. The number of esters is 1. The summed E-state index contributed by atoms with van der Waals surface area (Å²) in [4.78, 5) is 29.3. The minimum absolute atomic E-state index is 0.262. The molecule has 0 spiro atoms. The quantitative estimate of drug-likeness (QED) is 0.502. The van der Waals surface area contributed by atoms with Crippen LogP contribution in [0.5, 0.6) is 0 Å². The molecule has 0 fully saturated rings. The highest BCUT2D eigenvalue weighted by atomic mass is 32.1. The maximum Gasteiger partial charge on any atom is 0.338 e. The van der Waals surface area contributed by atoms with E-state index < -0.39 is 11.9 Å². The van der Waals surface area contributed by atoms with Crippen LogP contribution in [-0.4, -0.2) is 32.8 Å². The van der Waals surface area contributed by atoms with Gasteiger partial charge in [0.2, 0.25) is 0 Å². The van der Waals surface area contributed by atoms with Crippen LogP contribution in [0, 0.1) is 12.3 Å². The van der Waals surface area contributed by atoms with Crippen LogP contribution in [0.4, 0.5) is 0 Å². The predicted molar refractivity (Wildman–Crippen MR) is 102 cm³/mol. The Bertz CT molecular complexity index is 1110. The van der Waals surface area contributed by atoms with Gasteiger partial charge < -0.3 is 9.30 Å². The predicted octanol–water partition coefficient (Wildman–Crippen LogP) is 2.47. The molecule has 0 unspecified atom stereocenters. The van der Waals surface area contributed by atoms with Gasteiger partial charge in [0, 0.05) is 12.7 Å². The lowest BCUT2D eigenvalue weighted by molar-refractivity contribution is 0.0526. The Kier molecular flexibility index (Phi) is 5.52. The van der Waals surface area contributed by atoms with E-state index in [1.165, 1.54) is 11.3 Å². The first-order chi connectivity index (χ1) is 13.1. The Labute approximate surface area is 159 Å². The summed E-state index contributed by atoms with van der Waals surface area (Å²) in [5.74, 6) is 1.80. The number of fused-ring (bicyclic) bond motifs is 1. The number of ether oxygens (including phenoxy) is 1. The molecule has 0 saturated heterocycles. The van der Waals surface area contributed by atoms with Crippen molar-refractivity contribution in [2.75, 3.05) is 6.61 Å². The first-order valence-electron chi connectivity index (χ1n) is 8.43. The molecule has 0 aliphatic carbocycles. The highest BCUT2D eigenvalue weighted by Gasteiger charge is 2.14. The number of carbonyl (C=O) groups is 2. The maximum atomic E-state index is 12.6. The lowest BCUT2D eigenvalue weighted by Gasteiger charge is -2.03. The van der Waals surface area contributed by atoms with E-state index in [0.717, 1.165) is 10.2 Å². The molecular formula is C19H18N4O3S. The number of benzene rings is 1. The molecule has 0 N–H and O–H groups in total. The largest absolute Gasteiger partial charge is 0.462 e. The summed E-state index contributed by atoms with van der Waals surface area (Å²) >= 11 is 1.30. The monoisotopic (exact) mass is 382 g/mol. The van der Waals surface area contributed by atoms with Crippen molar-refractivity contribution in [2.45, 2.75) is 26.9 Å². The minimum Gasteiger partial charge on any atom is -0.462 e. The SMILES string of the molecule is C#CCn1c(=NC(=O)c2ccnn2CC)sc2cc(C(=O)OCC)ccc21. The number of terminal acetylenes is 1. The van der Waals surface area contributed by atoms with E-state index in [1.54, 1.807) is 46.6 Å². The number of rotatable bonds is 5. The highest BCUT2D eigenvalue weighted by molar-refractivity contribution is 7.16. The second kappa shape index (κ2) is 8.01. The van der Waals surface area contributed by atoms with E-state index in [9.17, 15) is 9.59 Å². The van der Waals surface area contributed by atoms with Gasteiger partial charge in [0.1, 0.15) is 5.69 Å². The summed E-state index contributed by atoms with van der Waals surface area (Å²) in [5.41, 5.74) is 1.66. The summed E-state index contributed by atoms with van der Waals surface area (Å²) in [7, 11) is 0. The summed E-state index contributed by atoms with van der Waals surface area (Å²) < 4.78 is 9.20. The van der Waals surface area contributed by atoms with Gasteiger partial charge in [0.25, 0.3) is 5.91 Å². The first kappa shape index (κ1) is 18.6. The van der Waals surface area contributed by atoms with Crippen molar-refractivity contribution in [3.05, 3.63) is 46.5 Å². The van der Waals surface area contributed by atoms with Gasteiger partial charge in [-0.3, -0.25) is 9.48 Å². The van der Waals surface area contributed by atoms with Gasteiger partial charge in [-0.05, 0) is 38.1 Å². The average molecular weight is 382 g/mol. The van der Waals surface area contributed by atoms with Gasteiger partial charge in [0.15, 0.2) is 4.80 Å². The Morgan fingerprint density at radius 1 is 1.33 bits per heavy atom. The lowest BCUT2D eigenvalue weighted by Crippen LogP contribution is -2.18. The molecule has 1 aromatic carbocycles. The number of hydrogen-bond donors (Lipinski definition) is 0. The van der Waals surface area contributed by atoms with Crippen LogP contribution in [0.25, 0.3) is 10.2 Å². The van der Waals surface area contributed by atoms with Crippen LogP contribution in [0.2, 0.25) is 0 Å². The fraction of sp³-hybridized carbons (Fsp3) is 0.263. The second-order valence-corrected chi connectivity index (χ2v) is 6.54. The van der Waals surface area contributed by atoms with Gasteiger partial charge in [-0.1, -0.05) is 17.3 Å². The molecule has 2 aromatic heterocycles. The molecule has 0 saturated carbocycles.